The van der Waals surface area contributed by atoms with Gasteiger partial charge in [0.05, 0.1) is 0 Å². The fourth-order valence-electron chi connectivity index (χ4n) is 0.252. The maximum absolute atomic E-state index is 10.1. The molecule has 68 valence electrons. The minimum atomic E-state index is -4.61. The molecule has 0 aromatic rings. The zero-order valence-corrected chi connectivity index (χ0v) is 7.40. The van der Waals surface area contributed by atoms with Crippen molar-refractivity contribution < 1.29 is 25.9 Å². The van der Waals surface area contributed by atoms with Crippen LogP contribution in [0.5, 0.6) is 0 Å². The summed E-state index contributed by atoms with van der Waals surface area (Å²) in [6.07, 6.45) is 0. The highest BCUT2D eigenvalue weighted by Crippen LogP contribution is 2.06. The molecule has 0 aromatic heterocycles. The standard InChI is InChI=1S/C2H5ClO6S2/c3-2(11(7,8)9)1-10(4,5)6/h2H,1H2,(H,4,5,6)(H,7,8,9). The Balaban J connectivity index is 4.47. The molecule has 2 N–H and O–H groups in total. The summed E-state index contributed by atoms with van der Waals surface area (Å²) in [4.78, 5) is 0. The lowest BCUT2D eigenvalue weighted by atomic mass is 10.9. The van der Waals surface area contributed by atoms with Crippen molar-refractivity contribution in [2.45, 2.75) is 4.71 Å². The SMILES string of the molecule is O=S(=O)(O)CC(Cl)S(=O)(=O)O. The van der Waals surface area contributed by atoms with E-state index < -0.39 is 30.7 Å². The molecule has 0 aliphatic rings. The molecule has 6 nitrogen and oxygen atoms in total. The second kappa shape index (κ2) is 3.23. The van der Waals surface area contributed by atoms with Crippen LogP contribution in [-0.2, 0) is 20.2 Å². The summed E-state index contributed by atoms with van der Waals surface area (Å²) in [6.45, 7) is 0. The molecule has 1 atom stereocenters. The Kier molecular flexibility index (Phi) is 3.27. The van der Waals surface area contributed by atoms with Gasteiger partial charge in [-0.25, -0.2) is 0 Å². The van der Waals surface area contributed by atoms with E-state index in [0.29, 0.717) is 0 Å². The number of hydrogen-bond acceptors (Lipinski definition) is 4. The Morgan fingerprint density at radius 2 is 1.55 bits per heavy atom. The van der Waals surface area contributed by atoms with Crippen LogP contribution in [0.3, 0.4) is 0 Å². The molecular weight excluding hydrogens is 220 g/mol. The molecule has 1 unspecified atom stereocenters. The molecule has 0 rings (SSSR count). The monoisotopic (exact) mass is 224 g/mol. The van der Waals surface area contributed by atoms with Gasteiger partial charge in [0, 0.05) is 0 Å². The van der Waals surface area contributed by atoms with Crippen LogP contribution >= 0.6 is 11.6 Å². The first-order valence-corrected chi connectivity index (χ1v) is 5.73. The van der Waals surface area contributed by atoms with Gasteiger partial charge in [0.25, 0.3) is 20.2 Å². The summed E-state index contributed by atoms with van der Waals surface area (Å²) in [7, 11) is -9.09. The third-order valence-corrected chi connectivity index (χ3v) is 3.46. The third kappa shape index (κ3) is 5.39. The van der Waals surface area contributed by atoms with Crippen molar-refractivity contribution in [1.29, 1.82) is 0 Å². The van der Waals surface area contributed by atoms with Crippen LogP contribution in [0, 0.1) is 0 Å². The van der Waals surface area contributed by atoms with E-state index >= 15 is 0 Å². The number of alkyl halides is 1. The van der Waals surface area contributed by atoms with Gasteiger partial charge in [0.15, 0.2) is 4.71 Å². The molecule has 0 bridgehead atoms. The lowest BCUT2D eigenvalue weighted by Crippen LogP contribution is -2.23. The van der Waals surface area contributed by atoms with E-state index in [9.17, 15) is 16.8 Å². The lowest BCUT2D eigenvalue weighted by Gasteiger charge is -2.01. The smallest absolute Gasteiger partial charge is 0.283 e. The van der Waals surface area contributed by atoms with E-state index in [1.54, 1.807) is 0 Å². The topological polar surface area (TPSA) is 109 Å². The molecular formula is C2H5ClO6S2. The van der Waals surface area contributed by atoms with Crippen molar-refractivity contribution in [3.63, 3.8) is 0 Å². The zero-order chi connectivity index (χ0) is 9.28. The second-order valence-corrected chi connectivity index (χ2v) is 5.56. The van der Waals surface area contributed by atoms with Crippen LogP contribution in [0.25, 0.3) is 0 Å². The van der Waals surface area contributed by atoms with Gasteiger partial charge in [-0.1, -0.05) is 0 Å². The van der Waals surface area contributed by atoms with Crippen LogP contribution in [0.4, 0.5) is 0 Å². The molecule has 0 aliphatic carbocycles. The molecule has 0 fully saturated rings. The first-order chi connectivity index (χ1) is 4.63. The molecule has 0 saturated heterocycles. The highest BCUT2D eigenvalue weighted by atomic mass is 35.5. The summed E-state index contributed by atoms with van der Waals surface area (Å²) in [6, 6.07) is 0. The van der Waals surface area contributed by atoms with Crippen LogP contribution in [0.15, 0.2) is 0 Å². The first-order valence-electron chi connectivity index (χ1n) is 2.18. The summed E-state index contributed by atoms with van der Waals surface area (Å²) in [5.74, 6) is -1.23. The molecule has 0 saturated carbocycles. The Bertz CT molecular complexity index is 312. The van der Waals surface area contributed by atoms with Gasteiger partial charge in [0.1, 0.15) is 5.75 Å². The van der Waals surface area contributed by atoms with Crippen LogP contribution < -0.4 is 0 Å². The highest BCUT2D eigenvalue weighted by Gasteiger charge is 2.25. The number of hydrogen-bond donors (Lipinski definition) is 2. The summed E-state index contributed by atoms with van der Waals surface area (Å²) in [5.41, 5.74) is 0. The Morgan fingerprint density at radius 3 is 1.64 bits per heavy atom. The normalized spacial score (nSPS) is 16.3. The van der Waals surface area contributed by atoms with Crippen molar-refractivity contribution >= 4 is 31.8 Å². The van der Waals surface area contributed by atoms with Crippen molar-refractivity contribution in [3.8, 4) is 0 Å². The second-order valence-electron chi connectivity index (χ2n) is 1.67. The Morgan fingerprint density at radius 1 is 1.18 bits per heavy atom. The average Bonchev–Trinajstić information content (AvgIpc) is 1.56. The van der Waals surface area contributed by atoms with E-state index in [1.165, 1.54) is 0 Å². The molecule has 0 amide bonds. The predicted molar refractivity (Wildman–Crippen MR) is 37.6 cm³/mol. The van der Waals surface area contributed by atoms with E-state index in [-0.39, 0.29) is 0 Å². The molecule has 0 aliphatic heterocycles. The minimum absolute atomic E-state index is 1.23. The van der Waals surface area contributed by atoms with Gasteiger partial charge in [-0.2, -0.15) is 16.8 Å². The maximum atomic E-state index is 10.1. The molecule has 0 radical (unpaired) electrons. The fourth-order valence-corrected chi connectivity index (χ4v) is 2.26. The van der Waals surface area contributed by atoms with Gasteiger partial charge >= 0.3 is 0 Å². The lowest BCUT2D eigenvalue weighted by molar-refractivity contribution is 0.468. The van der Waals surface area contributed by atoms with Crippen LogP contribution in [-0.4, -0.2) is 36.4 Å². The maximum Gasteiger partial charge on any atom is 0.283 e. The predicted octanol–water partition coefficient (Wildman–Crippen LogP) is -0.673. The fraction of sp³-hybridized carbons (Fsp3) is 1.00. The van der Waals surface area contributed by atoms with Crippen LogP contribution in [0.1, 0.15) is 0 Å². The minimum Gasteiger partial charge on any atom is -0.285 e. The van der Waals surface area contributed by atoms with E-state index in [2.05, 4.69) is 0 Å². The van der Waals surface area contributed by atoms with E-state index in [1.807, 2.05) is 0 Å². The summed E-state index contributed by atoms with van der Waals surface area (Å²) in [5, 5.41) is 0. The quantitative estimate of drug-likeness (QED) is 0.486. The van der Waals surface area contributed by atoms with Crippen molar-refractivity contribution in [1.82, 2.24) is 0 Å². The van der Waals surface area contributed by atoms with E-state index in [0.717, 1.165) is 0 Å². The molecule has 11 heavy (non-hydrogen) atoms. The van der Waals surface area contributed by atoms with Gasteiger partial charge in [-0.05, 0) is 0 Å². The zero-order valence-electron chi connectivity index (χ0n) is 5.01. The van der Waals surface area contributed by atoms with Crippen molar-refractivity contribution in [2.75, 3.05) is 5.75 Å². The first kappa shape index (κ1) is 11.1. The highest BCUT2D eigenvalue weighted by molar-refractivity contribution is 7.91. The van der Waals surface area contributed by atoms with Gasteiger partial charge in [0.2, 0.25) is 0 Å². The van der Waals surface area contributed by atoms with Gasteiger partial charge in [-0.15, -0.1) is 11.6 Å². The van der Waals surface area contributed by atoms with Crippen molar-refractivity contribution in [2.24, 2.45) is 0 Å². The van der Waals surface area contributed by atoms with Crippen molar-refractivity contribution in [3.05, 3.63) is 0 Å². The van der Waals surface area contributed by atoms with Gasteiger partial charge in [-0.3, -0.25) is 9.11 Å². The molecule has 9 heteroatoms. The summed E-state index contributed by atoms with van der Waals surface area (Å²) < 4.78 is 54.2. The number of halogens is 1. The Hall–Kier alpha value is 0.110. The third-order valence-electron chi connectivity index (χ3n) is 0.665. The van der Waals surface area contributed by atoms with E-state index in [4.69, 9.17) is 20.7 Å². The summed E-state index contributed by atoms with van der Waals surface area (Å²) >= 11 is 4.86. The Labute approximate surface area is 68.7 Å². The average molecular weight is 225 g/mol. The molecule has 0 aromatic carbocycles. The number of rotatable bonds is 3. The molecule has 0 heterocycles. The largest absolute Gasteiger partial charge is 0.285 e. The van der Waals surface area contributed by atoms with Crippen LogP contribution in [0.2, 0.25) is 0 Å². The molecule has 0 spiro atoms. The van der Waals surface area contributed by atoms with Gasteiger partial charge < -0.3 is 0 Å².